The van der Waals surface area contributed by atoms with Crippen LogP contribution < -0.4 is 0 Å². The highest BCUT2D eigenvalue weighted by atomic mass is 16.3. The molecule has 0 saturated carbocycles. The Hall–Kier alpha value is -0.450. The molecule has 0 bridgehead atoms. The summed E-state index contributed by atoms with van der Waals surface area (Å²) in [6, 6.07) is 0. The number of carbonyl (C=O) groups is 1. The lowest BCUT2D eigenvalue weighted by Crippen LogP contribution is -2.27. The number of aliphatic hydroxyl groups is 3. The summed E-state index contributed by atoms with van der Waals surface area (Å²) in [7, 11) is 0. The van der Waals surface area contributed by atoms with Crippen molar-refractivity contribution in [2.45, 2.75) is 18.6 Å². The van der Waals surface area contributed by atoms with Crippen LogP contribution in [0.3, 0.4) is 0 Å². The Bertz CT molecular complexity index is 83.0. The van der Waals surface area contributed by atoms with E-state index in [4.69, 9.17) is 15.3 Å². The standard InChI is InChI=1S/C5H10O4/c6-2-1-4(8)5(9)3-7/h3-6,8-9H,1-2H2/t4-,5+/m1/s1. The molecule has 0 aromatic rings. The predicted molar refractivity (Wildman–Crippen MR) is 29.8 cm³/mol. The van der Waals surface area contributed by atoms with Gasteiger partial charge in [-0.2, -0.15) is 0 Å². The van der Waals surface area contributed by atoms with Crippen molar-refractivity contribution in [2.24, 2.45) is 0 Å². The summed E-state index contributed by atoms with van der Waals surface area (Å²) in [4.78, 5) is 9.73. The smallest absolute Gasteiger partial charge is 0.151 e. The number of hydrogen-bond acceptors (Lipinski definition) is 4. The van der Waals surface area contributed by atoms with E-state index in [2.05, 4.69) is 0 Å². The van der Waals surface area contributed by atoms with E-state index in [1.807, 2.05) is 0 Å². The molecule has 3 N–H and O–H groups in total. The second-order valence-electron chi connectivity index (χ2n) is 1.71. The van der Waals surface area contributed by atoms with Crippen molar-refractivity contribution < 1.29 is 20.1 Å². The van der Waals surface area contributed by atoms with Gasteiger partial charge in [0.25, 0.3) is 0 Å². The molecule has 0 aliphatic heterocycles. The molecule has 0 saturated heterocycles. The van der Waals surface area contributed by atoms with Gasteiger partial charge in [0, 0.05) is 6.61 Å². The third kappa shape index (κ3) is 3.18. The van der Waals surface area contributed by atoms with Crippen molar-refractivity contribution in [1.82, 2.24) is 0 Å². The highest BCUT2D eigenvalue weighted by Gasteiger charge is 2.13. The molecule has 4 nitrogen and oxygen atoms in total. The lowest BCUT2D eigenvalue weighted by atomic mass is 10.2. The number of hydrogen-bond donors (Lipinski definition) is 3. The van der Waals surface area contributed by atoms with Gasteiger partial charge in [0.15, 0.2) is 6.29 Å². The van der Waals surface area contributed by atoms with E-state index in [1.54, 1.807) is 0 Å². The van der Waals surface area contributed by atoms with Crippen LogP contribution in [0.5, 0.6) is 0 Å². The second kappa shape index (κ2) is 4.43. The highest BCUT2D eigenvalue weighted by molar-refractivity contribution is 5.56. The topological polar surface area (TPSA) is 77.8 Å². The zero-order valence-corrected chi connectivity index (χ0v) is 4.90. The van der Waals surface area contributed by atoms with Crippen molar-refractivity contribution in [3.05, 3.63) is 0 Å². The normalized spacial score (nSPS) is 16.8. The van der Waals surface area contributed by atoms with Gasteiger partial charge in [-0.1, -0.05) is 0 Å². The molecular weight excluding hydrogens is 124 g/mol. The Labute approximate surface area is 52.7 Å². The molecule has 0 amide bonds. The van der Waals surface area contributed by atoms with E-state index in [0.29, 0.717) is 0 Å². The molecule has 54 valence electrons. The summed E-state index contributed by atoms with van der Waals surface area (Å²) in [6.07, 6.45) is -2.23. The van der Waals surface area contributed by atoms with Gasteiger partial charge in [0.2, 0.25) is 0 Å². The van der Waals surface area contributed by atoms with E-state index in [-0.39, 0.29) is 19.3 Å². The largest absolute Gasteiger partial charge is 0.396 e. The monoisotopic (exact) mass is 134 g/mol. The third-order valence-electron chi connectivity index (χ3n) is 0.959. The van der Waals surface area contributed by atoms with Gasteiger partial charge < -0.3 is 20.1 Å². The van der Waals surface area contributed by atoms with Gasteiger partial charge in [-0.25, -0.2) is 0 Å². The first-order chi connectivity index (χ1) is 4.22. The van der Waals surface area contributed by atoms with Gasteiger partial charge in [-0.3, -0.25) is 0 Å². The van der Waals surface area contributed by atoms with Crippen molar-refractivity contribution in [2.75, 3.05) is 6.61 Å². The minimum Gasteiger partial charge on any atom is -0.396 e. The van der Waals surface area contributed by atoms with Gasteiger partial charge in [0.1, 0.15) is 6.10 Å². The fraction of sp³-hybridized carbons (Fsp3) is 0.800. The van der Waals surface area contributed by atoms with Gasteiger partial charge in [0.05, 0.1) is 6.10 Å². The van der Waals surface area contributed by atoms with Crippen LogP contribution in [0.15, 0.2) is 0 Å². The van der Waals surface area contributed by atoms with E-state index in [0.717, 1.165) is 0 Å². The molecule has 0 heterocycles. The SMILES string of the molecule is O=C[C@H](O)[C@H](O)CCO. The first kappa shape index (κ1) is 8.55. The van der Waals surface area contributed by atoms with Crippen LogP contribution in [0.25, 0.3) is 0 Å². The Balaban J connectivity index is 3.44. The third-order valence-corrected chi connectivity index (χ3v) is 0.959. The molecule has 0 aromatic heterocycles. The molecule has 0 aliphatic carbocycles. The molecule has 0 spiro atoms. The second-order valence-corrected chi connectivity index (χ2v) is 1.71. The molecule has 0 rings (SSSR count). The maximum atomic E-state index is 9.73. The van der Waals surface area contributed by atoms with Crippen molar-refractivity contribution in [3.8, 4) is 0 Å². The molecular formula is C5H10O4. The van der Waals surface area contributed by atoms with Crippen molar-refractivity contribution in [3.63, 3.8) is 0 Å². The summed E-state index contributed by atoms with van der Waals surface area (Å²) in [5, 5.41) is 25.4. The minimum absolute atomic E-state index is 0.0277. The van der Waals surface area contributed by atoms with Crippen LogP contribution in [-0.2, 0) is 4.79 Å². The van der Waals surface area contributed by atoms with Crippen LogP contribution in [-0.4, -0.2) is 40.4 Å². The van der Waals surface area contributed by atoms with E-state index >= 15 is 0 Å². The Kier molecular flexibility index (Phi) is 4.21. The lowest BCUT2D eigenvalue weighted by molar-refractivity contribution is -0.120. The number of aliphatic hydroxyl groups excluding tert-OH is 3. The Morgan fingerprint density at radius 3 is 2.33 bits per heavy atom. The van der Waals surface area contributed by atoms with Crippen LogP contribution in [0.1, 0.15) is 6.42 Å². The summed E-state index contributed by atoms with van der Waals surface area (Å²) < 4.78 is 0. The predicted octanol–water partition coefficient (Wildman–Crippen LogP) is -1.71. The maximum absolute atomic E-state index is 9.73. The van der Waals surface area contributed by atoms with Crippen LogP contribution >= 0.6 is 0 Å². The summed E-state index contributed by atoms with van der Waals surface area (Å²) >= 11 is 0. The molecule has 0 fully saturated rings. The fourth-order valence-corrected chi connectivity index (χ4v) is 0.394. The molecule has 0 unspecified atom stereocenters. The molecule has 0 aromatic carbocycles. The quantitative estimate of drug-likeness (QED) is 0.400. The van der Waals surface area contributed by atoms with E-state index in [9.17, 15) is 4.79 Å². The zero-order chi connectivity index (χ0) is 7.28. The number of carbonyl (C=O) groups excluding carboxylic acids is 1. The Morgan fingerprint density at radius 1 is 1.44 bits per heavy atom. The van der Waals surface area contributed by atoms with E-state index < -0.39 is 12.2 Å². The lowest BCUT2D eigenvalue weighted by Gasteiger charge is -2.09. The van der Waals surface area contributed by atoms with Crippen LogP contribution in [0.2, 0.25) is 0 Å². The first-order valence-electron chi connectivity index (χ1n) is 2.64. The average molecular weight is 134 g/mol. The molecule has 9 heavy (non-hydrogen) atoms. The zero-order valence-electron chi connectivity index (χ0n) is 4.90. The maximum Gasteiger partial charge on any atom is 0.151 e. The highest BCUT2D eigenvalue weighted by Crippen LogP contribution is 1.94. The van der Waals surface area contributed by atoms with Gasteiger partial charge >= 0.3 is 0 Å². The van der Waals surface area contributed by atoms with Crippen molar-refractivity contribution in [1.29, 1.82) is 0 Å². The number of aldehydes is 1. The first-order valence-corrected chi connectivity index (χ1v) is 2.64. The number of rotatable bonds is 4. The Morgan fingerprint density at radius 2 is 2.00 bits per heavy atom. The fourth-order valence-electron chi connectivity index (χ4n) is 0.394. The summed E-state index contributed by atoms with van der Waals surface area (Å²) in [5.41, 5.74) is 0. The van der Waals surface area contributed by atoms with E-state index in [1.165, 1.54) is 0 Å². The molecule has 0 aliphatic rings. The van der Waals surface area contributed by atoms with Gasteiger partial charge in [-0.05, 0) is 6.42 Å². The molecule has 0 radical (unpaired) electrons. The average Bonchev–Trinajstić information content (AvgIpc) is 1.87. The molecule has 2 atom stereocenters. The minimum atomic E-state index is -1.36. The molecule has 4 heteroatoms. The summed E-state index contributed by atoms with van der Waals surface area (Å²) in [6.45, 7) is -0.230. The van der Waals surface area contributed by atoms with Crippen LogP contribution in [0, 0.1) is 0 Å². The van der Waals surface area contributed by atoms with Crippen molar-refractivity contribution >= 4 is 6.29 Å². The summed E-state index contributed by atoms with van der Waals surface area (Å²) in [5.74, 6) is 0. The van der Waals surface area contributed by atoms with Gasteiger partial charge in [-0.15, -0.1) is 0 Å². The van der Waals surface area contributed by atoms with Crippen LogP contribution in [0.4, 0.5) is 0 Å².